The van der Waals surface area contributed by atoms with Crippen molar-refractivity contribution in [2.45, 2.75) is 51.0 Å². The van der Waals surface area contributed by atoms with Crippen LogP contribution in [-0.2, 0) is 14.8 Å². The number of hydrogen-bond donors (Lipinski definition) is 1. The van der Waals surface area contributed by atoms with Crippen LogP contribution in [0.2, 0.25) is 0 Å². The Balaban J connectivity index is 1.68. The predicted molar refractivity (Wildman–Crippen MR) is 120 cm³/mol. The van der Waals surface area contributed by atoms with Gasteiger partial charge in [-0.05, 0) is 54.4 Å². The van der Waals surface area contributed by atoms with Crippen molar-refractivity contribution in [1.29, 1.82) is 5.26 Å². The molecule has 0 amide bonds. The van der Waals surface area contributed by atoms with Gasteiger partial charge in [-0.15, -0.1) is 0 Å². The third kappa shape index (κ3) is 3.57. The van der Waals surface area contributed by atoms with E-state index in [1.165, 1.54) is 30.0 Å². The number of nitrogens with zero attached hydrogens (tertiary/aromatic N) is 3. The number of rotatable bonds is 4. The molecule has 32 heavy (non-hydrogen) atoms. The average Bonchev–Trinajstić information content (AvgIpc) is 3.19. The quantitative estimate of drug-likeness (QED) is 0.705. The first-order valence-corrected chi connectivity index (χ1v) is 12.0. The van der Waals surface area contributed by atoms with E-state index in [2.05, 4.69) is 20.8 Å². The van der Waals surface area contributed by atoms with Gasteiger partial charge in [-0.3, -0.25) is 0 Å². The van der Waals surface area contributed by atoms with Crippen LogP contribution in [0.4, 0.5) is 5.69 Å². The number of hydrogen-bond acceptors (Lipinski definition) is 6. The van der Waals surface area contributed by atoms with Crippen LogP contribution in [0.5, 0.6) is 0 Å². The van der Waals surface area contributed by atoms with E-state index < -0.39 is 16.0 Å². The number of nitrogen functional groups attached to an aromatic ring is 1. The highest BCUT2D eigenvalue weighted by molar-refractivity contribution is 7.89. The monoisotopic (exact) mass is 456 g/mol. The number of carbonyl (C=O) groups excluding carboxylic acids is 1. The SMILES string of the molecule is COC(=O)c1c(N)c(C#N)cn1-c1ccc(S(=O)(=O)N2CC3(C)CC2CC(C)(C)C3)cc1. The smallest absolute Gasteiger partial charge is 0.357 e. The van der Waals surface area contributed by atoms with Gasteiger partial charge in [0.25, 0.3) is 0 Å². The molecule has 1 saturated carbocycles. The zero-order chi connectivity index (χ0) is 23.5. The Morgan fingerprint density at radius 3 is 2.47 bits per heavy atom. The molecule has 1 aliphatic carbocycles. The van der Waals surface area contributed by atoms with E-state index >= 15 is 0 Å². The minimum absolute atomic E-state index is 0.00166. The standard InChI is InChI=1S/C23H28N4O4S/c1-22(2)9-17-10-23(3,13-22)14-27(17)32(29,30)18-7-5-16(6-8-18)26-12-15(11-24)19(25)20(26)21(28)31-4/h5-8,12,17H,9-10,13-14,25H2,1-4H3. The Labute approximate surface area is 188 Å². The summed E-state index contributed by atoms with van der Waals surface area (Å²) in [5, 5.41) is 9.28. The van der Waals surface area contributed by atoms with Gasteiger partial charge in [0, 0.05) is 24.5 Å². The summed E-state index contributed by atoms with van der Waals surface area (Å²) in [6.07, 6.45) is 4.18. The first kappa shape index (κ1) is 22.4. The molecule has 2 fully saturated rings. The molecule has 0 spiro atoms. The van der Waals surface area contributed by atoms with Crippen LogP contribution in [0.15, 0.2) is 35.4 Å². The van der Waals surface area contributed by atoms with E-state index in [1.54, 1.807) is 16.4 Å². The van der Waals surface area contributed by atoms with Gasteiger partial charge >= 0.3 is 5.97 Å². The fourth-order valence-electron chi connectivity index (χ4n) is 5.72. The summed E-state index contributed by atoms with van der Waals surface area (Å²) < 4.78 is 34.9. The molecule has 1 aliphatic heterocycles. The molecular weight excluding hydrogens is 428 g/mol. The minimum Gasteiger partial charge on any atom is -0.464 e. The minimum atomic E-state index is -3.66. The third-order valence-corrected chi connectivity index (χ3v) is 8.54. The topological polar surface area (TPSA) is 118 Å². The first-order valence-electron chi connectivity index (χ1n) is 10.5. The first-order chi connectivity index (χ1) is 14.9. The van der Waals surface area contributed by atoms with E-state index in [4.69, 9.17) is 10.5 Å². The molecular formula is C23H28N4O4S. The van der Waals surface area contributed by atoms with Crippen molar-refractivity contribution in [2.75, 3.05) is 19.4 Å². The van der Waals surface area contributed by atoms with Gasteiger partial charge in [0.15, 0.2) is 5.69 Å². The highest BCUT2D eigenvalue weighted by Crippen LogP contribution is 2.53. The molecule has 1 aromatic heterocycles. The highest BCUT2D eigenvalue weighted by atomic mass is 32.2. The van der Waals surface area contributed by atoms with Gasteiger partial charge in [-0.2, -0.15) is 9.57 Å². The number of esters is 1. The average molecular weight is 457 g/mol. The van der Waals surface area contributed by atoms with Crippen molar-refractivity contribution in [3.05, 3.63) is 41.7 Å². The van der Waals surface area contributed by atoms with Crippen molar-refractivity contribution in [3.8, 4) is 11.8 Å². The van der Waals surface area contributed by atoms with Gasteiger partial charge in [-0.25, -0.2) is 13.2 Å². The maximum Gasteiger partial charge on any atom is 0.357 e. The second-order valence-electron chi connectivity index (χ2n) is 10.0. The number of ether oxygens (including phenoxy) is 1. The second kappa shape index (κ2) is 7.36. The Morgan fingerprint density at radius 2 is 1.88 bits per heavy atom. The Kier molecular flexibility index (Phi) is 5.14. The number of nitrogens with two attached hydrogens (primary N) is 1. The second-order valence-corrected chi connectivity index (χ2v) is 11.9. The number of nitriles is 1. The van der Waals surface area contributed by atoms with E-state index in [9.17, 15) is 18.5 Å². The van der Waals surface area contributed by atoms with Crippen LogP contribution in [0.3, 0.4) is 0 Å². The summed E-state index contributed by atoms with van der Waals surface area (Å²) in [6, 6.07) is 8.23. The van der Waals surface area contributed by atoms with Gasteiger partial charge in [-0.1, -0.05) is 20.8 Å². The maximum atomic E-state index is 13.5. The number of carbonyl (C=O) groups is 1. The zero-order valence-corrected chi connectivity index (χ0v) is 19.6. The van der Waals surface area contributed by atoms with Crippen LogP contribution < -0.4 is 5.73 Å². The zero-order valence-electron chi connectivity index (χ0n) is 18.8. The van der Waals surface area contributed by atoms with Gasteiger partial charge < -0.3 is 15.0 Å². The molecule has 2 unspecified atom stereocenters. The lowest BCUT2D eigenvalue weighted by Gasteiger charge is -2.39. The molecule has 9 heteroatoms. The molecule has 4 rings (SSSR count). The normalized spacial score (nSPS) is 24.8. The van der Waals surface area contributed by atoms with Gasteiger partial charge in [0.2, 0.25) is 10.0 Å². The fraction of sp³-hybridized carbons (Fsp3) is 0.478. The molecule has 2 aliphatic rings. The van der Waals surface area contributed by atoms with Crippen LogP contribution in [0.25, 0.3) is 5.69 Å². The van der Waals surface area contributed by atoms with Crippen LogP contribution in [0.1, 0.15) is 56.1 Å². The van der Waals surface area contributed by atoms with Crippen LogP contribution >= 0.6 is 0 Å². The molecule has 0 radical (unpaired) electrons. The molecule has 8 nitrogen and oxygen atoms in total. The lowest BCUT2D eigenvalue weighted by Crippen LogP contribution is -2.37. The third-order valence-electron chi connectivity index (χ3n) is 6.63. The van der Waals surface area contributed by atoms with Crippen LogP contribution in [0, 0.1) is 22.2 Å². The number of fused-ring (bicyclic) bond motifs is 2. The summed E-state index contributed by atoms with van der Waals surface area (Å²) in [6.45, 7) is 7.12. The van der Waals surface area contributed by atoms with Crippen molar-refractivity contribution < 1.29 is 17.9 Å². The van der Waals surface area contributed by atoms with Crippen LogP contribution in [-0.4, -0.2) is 43.0 Å². The molecule has 1 aromatic carbocycles. The van der Waals surface area contributed by atoms with E-state index in [1.807, 2.05) is 6.07 Å². The fourth-order valence-corrected chi connectivity index (χ4v) is 7.50. The molecule has 2 atom stereocenters. The molecule has 2 heterocycles. The lowest BCUT2D eigenvalue weighted by atomic mass is 9.65. The molecule has 2 N–H and O–H groups in total. The summed E-state index contributed by atoms with van der Waals surface area (Å²) in [7, 11) is -2.43. The van der Waals surface area contributed by atoms with Crippen molar-refractivity contribution in [1.82, 2.24) is 8.87 Å². The Morgan fingerprint density at radius 1 is 1.22 bits per heavy atom. The summed E-state index contributed by atoms with van der Waals surface area (Å²) >= 11 is 0. The molecule has 2 aromatic rings. The molecule has 1 saturated heterocycles. The highest BCUT2D eigenvalue weighted by Gasteiger charge is 2.53. The number of sulfonamides is 1. The Hall–Kier alpha value is -2.83. The lowest BCUT2D eigenvalue weighted by molar-refractivity contribution is 0.0593. The number of benzene rings is 1. The van der Waals surface area contributed by atoms with Gasteiger partial charge in [0.05, 0.1) is 23.3 Å². The number of anilines is 1. The summed E-state index contributed by atoms with van der Waals surface area (Å²) in [4.78, 5) is 12.4. The van der Waals surface area contributed by atoms with E-state index in [-0.39, 0.29) is 38.7 Å². The number of aromatic nitrogens is 1. The molecule has 170 valence electrons. The van der Waals surface area contributed by atoms with Crippen molar-refractivity contribution in [3.63, 3.8) is 0 Å². The predicted octanol–water partition coefficient (Wildman–Crippen LogP) is 3.31. The van der Waals surface area contributed by atoms with Gasteiger partial charge in [0.1, 0.15) is 6.07 Å². The molecule has 2 bridgehead atoms. The summed E-state index contributed by atoms with van der Waals surface area (Å²) in [5.74, 6) is -0.680. The summed E-state index contributed by atoms with van der Waals surface area (Å²) in [5.41, 5.74) is 6.75. The number of methoxy groups -OCH3 is 1. The largest absolute Gasteiger partial charge is 0.464 e. The Bertz CT molecular complexity index is 1220. The van der Waals surface area contributed by atoms with E-state index in [0.717, 1.165) is 19.3 Å². The van der Waals surface area contributed by atoms with E-state index in [0.29, 0.717) is 12.2 Å². The van der Waals surface area contributed by atoms with Crippen molar-refractivity contribution >= 4 is 21.7 Å². The van der Waals surface area contributed by atoms with Crippen molar-refractivity contribution in [2.24, 2.45) is 10.8 Å². The maximum absolute atomic E-state index is 13.5.